The van der Waals surface area contributed by atoms with E-state index >= 15 is 0 Å². The number of rotatable bonds is 4. The van der Waals surface area contributed by atoms with Crippen molar-refractivity contribution in [3.8, 4) is 5.75 Å². The molecule has 2 rings (SSSR count). The maximum atomic E-state index is 13.8. The predicted octanol–water partition coefficient (Wildman–Crippen LogP) is 2.19. The molecule has 2 aromatic rings. The van der Waals surface area contributed by atoms with Crippen LogP contribution in [0.4, 0.5) is 21.7 Å². The average molecular weight is 292 g/mol. The summed E-state index contributed by atoms with van der Waals surface area (Å²) in [6.07, 6.45) is 1.95. The third-order valence-electron chi connectivity index (χ3n) is 2.31. The molecule has 1 heterocycles. The van der Waals surface area contributed by atoms with Crippen molar-refractivity contribution >= 4 is 23.3 Å². The number of hydrogen-bond acceptors (Lipinski definition) is 7. The molecular weight excluding hydrogens is 283 g/mol. The first-order valence-electron chi connectivity index (χ1n) is 5.68. The van der Waals surface area contributed by atoms with Crippen molar-refractivity contribution in [1.29, 1.82) is 0 Å². The van der Waals surface area contributed by atoms with Gasteiger partial charge in [-0.2, -0.15) is 0 Å². The fourth-order valence-electron chi connectivity index (χ4n) is 1.46. The minimum atomic E-state index is -0.685. The second-order valence-electron chi connectivity index (χ2n) is 3.85. The Bertz CT molecular complexity index is 690. The molecule has 108 valence electrons. The van der Waals surface area contributed by atoms with Crippen LogP contribution in [0.25, 0.3) is 0 Å². The lowest BCUT2D eigenvalue weighted by Crippen LogP contribution is -2.06. The predicted molar refractivity (Wildman–Crippen MR) is 69.7 cm³/mol. The highest BCUT2D eigenvalue weighted by Crippen LogP contribution is 2.29. The van der Waals surface area contributed by atoms with E-state index in [2.05, 4.69) is 15.3 Å². The van der Waals surface area contributed by atoms with Crippen LogP contribution in [0.2, 0.25) is 0 Å². The van der Waals surface area contributed by atoms with Gasteiger partial charge in [-0.25, -0.2) is 14.4 Å². The molecule has 0 fully saturated rings. The second kappa shape index (κ2) is 5.90. The van der Waals surface area contributed by atoms with Crippen LogP contribution in [-0.2, 0) is 4.79 Å². The summed E-state index contributed by atoms with van der Waals surface area (Å²) < 4.78 is 18.6. The molecule has 1 aromatic carbocycles. The lowest BCUT2D eigenvalue weighted by atomic mass is 10.3. The Hall–Kier alpha value is -3.10. The van der Waals surface area contributed by atoms with E-state index in [1.54, 1.807) is 0 Å². The van der Waals surface area contributed by atoms with Gasteiger partial charge >= 0.3 is 11.7 Å². The Morgan fingerprint density at radius 1 is 1.38 bits per heavy atom. The third-order valence-corrected chi connectivity index (χ3v) is 2.31. The molecule has 0 radical (unpaired) electrons. The van der Waals surface area contributed by atoms with Crippen molar-refractivity contribution in [2.45, 2.75) is 6.92 Å². The molecule has 1 aromatic heterocycles. The number of aromatic nitrogens is 2. The molecule has 0 saturated heterocycles. The van der Waals surface area contributed by atoms with E-state index in [0.29, 0.717) is 0 Å². The first kappa shape index (κ1) is 14.3. The molecule has 0 aliphatic heterocycles. The largest absolute Gasteiger partial charge is 0.424 e. The lowest BCUT2D eigenvalue weighted by molar-refractivity contribution is -0.385. The summed E-state index contributed by atoms with van der Waals surface area (Å²) in [4.78, 5) is 28.2. The molecule has 0 unspecified atom stereocenters. The van der Waals surface area contributed by atoms with Crippen molar-refractivity contribution in [1.82, 2.24) is 9.97 Å². The van der Waals surface area contributed by atoms with E-state index < -0.39 is 16.7 Å². The molecule has 1 N–H and O–H groups in total. The van der Waals surface area contributed by atoms with Crippen LogP contribution in [-0.4, -0.2) is 20.9 Å². The molecule has 0 aliphatic carbocycles. The van der Waals surface area contributed by atoms with E-state index in [9.17, 15) is 19.3 Å². The quantitative estimate of drug-likeness (QED) is 0.398. The van der Waals surface area contributed by atoms with Gasteiger partial charge in [-0.05, 0) is 12.1 Å². The van der Waals surface area contributed by atoms with E-state index in [-0.39, 0.29) is 23.1 Å². The van der Waals surface area contributed by atoms with Crippen molar-refractivity contribution in [2.24, 2.45) is 0 Å². The summed E-state index contributed by atoms with van der Waals surface area (Å²) >= 11 is 0. The summed E-state index contributed by atoms with van der Waals surface area (Å²) in [5.74, 6) is -1.41. The van der Waals surface area contributed by atoms with Crippen LogP contribution in [0, 0.1) is 15.9 Å². The van der Waals surface area contributed by atoms with E-state index in [1.165, 1.54) is 19.1 Å². The number of benzene rings is 1. The number of hydrogen-bond donors (Lipinski definition) is 1. The van der Waals surface area contributed by atoms with E-state index in [0.717, 1.165) is 18.5 Å². The number of para-hydroxylation sites is 1. The zero-order chi connectivity index (χ0) is 15.4. The monoisotopic (exact) mass is 292 g/mol. The number of carbonyl (C=O) groups is 1. The lowest BCUT2D eigenvalue weighted by Gasteiger charge is -2.10. The Kier molecular flexibility index (Phi) is 4.02. The van der Waals surface area contributed by atoms with Crippen LogP contribution >= 0.6 is 0 Å². The van der Waals surface area contributed by atoms with Crippen molar-refractivity contribution in [3.63, 3.8) is 0 Å². The standard InChI is InChI=1S/C12H9FN4O4/c1-7(18)21-10-4-2-3-9(13)11(10)16-12-14-5-8(6-15-12)17(19)20/h2-6H,1H3,(H,14,15,16). The molecule has 9 heteroatoms. The Morgan fingerprint density at radius 2 is 2.05 bits per heavy atom. The Morgan fingerprint density at radius 3 is 2.62 bits per heavy atom. The number of nitrogens with zero attached hydrogens (tertiary/aromatic N) is 3. The van der Waals surface area contributed by atoms with Crippen molar-refractivity contribution in [3.05, 3.63) is 46.5 Å². The fourth-order valence-corrected chi connectivity index (χ4v) is 1.46. The molecular formula is C12H9FN4O4. The topological polar surface area (TPSA) is 107 Å². The number of esters is 1. The maximum absolute atomic E-state index is 13.8. The first-order valence-corrected chi connectivity index (χ1v) is 5.68. The summed E-state index contributed by atoms with van der Waals surface area (Å²) in [5.41, 5.74) is -0.434. The Balaban J connectivity index is 2.30. The number of ether oxygens (including phenoxy) is 1. The molecule has 0 amide bonds. The molecule has 21 heavy (non-hydrogen) atoms. The summed E-state index contributed by atoms with van der Waals surface area (Å²) in [6, 6.07) is 3.91. The second-order valence-corrected chi connectivity index (χ2v) is 3.85. The van der Waals surface area contributed by atoms with E-state index in [1.807, 2.05) is 0 Å². The first-order chi connectivity index (χ1) is 9.97. The molecule has 0 spiro atoms. The fraction of sp³-hybridized carbons (Fsp3) is 0.0833. The molecule has 0 atom stereocenters. The van der Waals surface area contributed by atoms with Gasteiger partial charge in [0.25, 0.3) is 0 Å². The zero-order valence-corrected chi connectivity index (χ0v) is 10.7. The maximum Gasteiger partial charge on any atom is 0.308 e. The van der Waals surface area contributed by atoms with Crippen molar-refractivity contribution < 1.29 is 18.8 Å². The van der Waals surface area contributed by atoms with Gasteiger partial charge in [0, 0.05) is 6.92 Å². The van der Waals surface area contributed by atoms with Gasteiger partial charge in [-0.15, -0.1) is 0 Å². The highest BCUT2D eigenvalue weighted by Gasteiger charge is 2.14. The average Bonchev–Trinajstić information content (AvgIpc) is 2.42. The van der Waals surface area contributed by atoms with Gasteiger partial charge < -0.3 is 10.1 Å². The van der Waals surface area contributed by atoms with E-state index in [4.69, 9.17) is 4.74 Å². The zero-order valence-electron chi connectivity index (χ0n) is 10.7. The van der Waals surface area contributed by atoms with Gasteiger partial charge in [0.2, 0.25) is 5.95 Å². The van der Waals surface area contributed by atoms with Crippen LogP contribution < -0.4 is 10.1 Å². The summed E-state index contributed by atoms with van der Waals surface area (Å²) in [5, 5.41) is 13.0. The molecule has 0 bridgehead atoms. The van der Waals surface area contributed by atoms with Gasteiger partial charge in [-0.1, -0.05) is 6.07 Å². The highest BCUT2D eigenvalue weighted by atomic mass is 19.1. The number of carbonyl (C=O) groups excluding carboxylic acids is 1. The third kappa shape index (κ3) is 3.47. The number of halogens is 1. The Labute approximate surface area is 117 Å². The van der Waals surface area contributed by atoms with Gasteiger partial charge in [-0.3, -0.25) is 14.9 Å². The SMILES string of the molecule is CC(=O)Oc1cccc(F)c1Nc1ncc([N+](=O)[O-])cn1. The normalized spacial score (nSPS) is 10.0. The smallest absolute Gasteiger partial charge is 0.308 e. The number of anilines is 2. The molecule has 8 nitrogen and oxygen atoms in total. The van der Waals surface area contributed by atoms with Gasteiger partial charge in [0.15, 0.2) is 11.6 Å². The summed E-state index contributed by atoms with van der Waals surface area (Å²) in [7, 11) is 0. The van der Waals surface area contributed by atoms with Crippen LogP contribution in [0.5, 0.6) is 5.75 Å². The minimum Gasteiger partial charge on any atom is -0.424 e. The number of nitro groups is 1. The van der Waals surface area contributed by atoms with Crippen LogP contribution in [0.15, 0.2) is 30.6 Å². The molecule has 0 saturated carbocycles. The van der Waals surface area contributed by atoms with Gasteiger partial charge in [0.05, 0.1) is 4.92 Å². The van der Waals surface area contributed by atoms with Crippen molar-refractivity contribution in [2.75, 3.05) is 5.32 Å². The minimum absolute atomic E-state index is 0.0375. The number of nitrogens with one attached hydrogen (secondary N) is 1. The van der Waals surface area contributed by atoms with Crippen LogP contribution in [0.3, 0.4) is 0 Å². The van der Waals surface area contributed by atoms with Crippen LogP contribution in [0.1, 0.15) is 6.92 Å². The molecule has 0 aliphatic rings. The van der Waals surface area contributed by atoms with Gasteiger partial charge in [0.1, 0.15) is 18.1 Å². The highest BCUT2D eigenvalue weighted by molar-refractivity contribution is 5.74. The summed E-state index contributed by atoms with van der Waals surface area (Å²) in [6.45, 7) is 1.18.